The fraction of sp³-hybridized carbons (Fsp3) is 0.385. The van der Waals surface area contributed by atoms with Gasteiger partial charge in [-0.2, -0.15) is 0 Å². The summed E-state index contributed by atoms with van der Waals surface area (Å²) in [5.74, 6) is -0.0865. The van der Waals surface area contributed by atoms with Crippen LogP contribution in [0.3, 0.4) is 0 Å². The Morgan fingerprint density at radius 1 is 1.28 bits per heavy atom. The maximum atomic E-state index is 11.8. The number of amides is 2. The molecule has 2 N–H and O–H groups in total. The molecule has 2 amide bonds. The summed E-state index contributed by atoms with van der Waals surface area (Å²) in [6, 6.07) is 6.84. The maximum absolute atomic E-state index is 11.8. The largest absolute Gasteiger partial charge is 0.355 e. The molecule has 18 heavy (non-hydrogen) atoms. The number of carbonyl (C=O) groups excluding carboxylic acids is 2. The minimum atomic E-state index is -0.249. The molecule has 0 aliphatic carbocycles. The summed E-state index contributed by atoms with van der Waals surface area (Å²) in [7, 11) is 1.57. The average Bonchev–Trinajstić information content (AvgIpc) is 2.36. The van der Waals surface area contributed by atoms with Gasteiger partial charge in [-0.1, -0.05) is 35.8 Å². The van der Waals surface area contributed by atoms with Crippen LogP contribution in [0, 0.1) is 5.92 Å². The van der Waals surface area contributed by atoms with Gasteiger partial charge in [0.1, 0.15) is 0 Å². The molecule has 1 atom stereocenters. The van der Waals surface area contributed by atoms with Crippen molar-refractivity contribution in [2.24, 2.45) is 5.92 Å². The van der Waals surface area contributed by atoms with Crippen LogP contribution in [0.15, 0.2) is 24.3 Å². The topological polar surface area (TPSA) is 58.2 Å². The van der Waals surface area contributed by atoms with Gasteiger partial charge in [0.25, 0.3) is 5.91 Å². The monoisotopic (exact) mass is 312 g/mol. The molecule has 98 valence electrons. The predicted molar refractivity (Wildman–Crippen MR) is 76.0 cm³/mol. The lowest BCUT2D eigenvalue weighted by Gasteiger charge is -2.14. The number of alkyl halides is 1. The summed E-state index contributed by atoms with van der Waals surface area (Å²) in [6.45, 7) is 3.92. The van der Waals surface area contributed by atoms with E-state index < -0.39 is 0 Å². The molecule has 0 heterocycles. The van der Waals surface area contributed by atoms with Gasteiger partial charge >= 0.3 is 0 Å². The molecule has 0 aromatic heterocycles. The molecule has 0 aliphatic heterocycles. The molecule has 1 unspecified atom stereocenters. The van der Waals surface area contributed by atoms with E-state index in [-0.39, 0.29) is 22.6 Å². The van der Waals surface area contributed by atoms with Crippen molar-refractivity contribution in [3.8, 4) is 0 Å². The first-order chi connectivity index (χ1) is 8.45. The second-order valence-corrected chi connectivity index (χ2v) is 5.28. The Balaban J connectivity index is 2.79. The van der Waals surface area contributed by atoms with Crippen LogP contribution < -0.4 is 10.6 Å². The quantitative estimate of drug-likeness (QED) is 0.839. The molecular formula is C13H17BrN2O2. The number of carbonyl (C=O) groups is 2. The van der Waals surface area contributed by atoms with Crippen molar-refractivity contribution >= 4 is 33.4 Å². The second kappa shape index (κ2) is 6.54. The van der Waals surface area contributed by atoms with Crippen molar-refractivity contribution in [2.45, 2.75) is 18.7 Å². The molecule has 4 nitrogen and oxygen atoms in total. The van der Waals surface area contributed by atoms with Gasteiger partial charge in [0.05, 0.1) is 4.83 Å². The number of halogens is 1. The van der Waals surface area contributed by atoms with Gasteiger partial charge in [-0.3, -0.25) is 9.59 Å². The van der Waals surface area contributed by atoms with Crippen LogP contribution in [0.5, 0.6) is 0 Å². The van der Waals surface area contributed by atoms with Crippen molar-refractivity contribution in [1.29, 1.82) is 0 Å². The first-order valence-electron chi connectivity index (χ1n) is 5.72. The predicted octanol–water partition coefficient (Wildman–Crippen LogP) is 2.40. The number of anilines is 1. The third-order valence-electron chi connectivity index (χ3n) is 2.46. The van der Waals surface area contributed by atoms with Crippen molar-refractivity contribution in [3.05, 3.63) is 29.8 Å². The van der Waals surface area contributed by atoms with E-state index in [1.165, 1.54) is 0 Å². The van der Waals surface area contributed by atoms with Gasteiger partial charge in [0.2, 0.25) is 5.91 Å². The van der Waals surface area contributed by atoms with Gasteiger partial charge in [-0.25, -0.2) is 0 Å². The van der Waals surface area contributed by atoms with Crippen LogP contribution in [0.25, 0.3) is 0 Å². The van der Waals surface area contributed by atoms with Crippen molar-refractivity contribution in [2.75, 3.05) is 12.4 Å². The van der Waals surface area contributed by atoms with Crippen LogP contribution in [-0.4, -0.2) is 23.7 Å². The highest BCUT2D eigenvalue weighted by Crippen LogP contribution is 2.16. The summed E-state index contributed by atoms with van der Waals surface area (Å²) >= 11 is 3.33. The number of hydrogen-bond donors (Lipinski definition) is 2. The molecule has 0 spiro atoms. The van der Waals surface area contributed by atoms with E-state index in [0.29, 0.717) is 11.3 Å². The molecule has 1 rings (SSSR count). The molecule has 5 heteroatoms. The number of hydrogen-bond acceptors (Lipinski definition) is 2. The zero-order valence-electron chi connectivity index (χ0n) is 10.7. The van der Waals surface area contributed by atoms with Crippen LogP contribution >= 0.6 is 15.9 Å². The molecule has 0 fully saturated rings. The molecule has 0 saturated carbocycles. The zero-order valence-corrected chi connectivity index (χ0v) is 12.2. The zero-order chi connectivity index (χ0) is 13.7. The van der Waals surface area contributed by atoms with E-state index in [2.05, 4.69) is 26.6 Å². The molecule has 0 bridgehead atoms. The van der Waals surface area contributed by atoms with E-state index in [0.717, 1.165) is 0 Å². The Morgan fingerprint density at radius 2 is 1.94 bits per heavy atom. The molecule has 0 aliphatic rings. The van der Waals surface area contributed by atoms with Crippen LogP contribution in [0.2, 0.25) is 0 Å². The fourth-order valence-electron chi connectivity index (χ4n) is 1.40. The van der Waals surface area contributed by atoms with E-state index >= 15 is 0 Å². The van der Waals surface area contributed by atoms with Crippen molar-refractivity contribution < 1.29 is 9.59 Å². The lowest BCUT2D eigenvalue weighted by Crippen LogP contribution is -2.27. The number of nitrogens with one attached hydrogen (secondary N) is 2. The Labute approximate surface area is 115 Å². The van der Waals surface area contributed by atoms with Crippen molar-refractivity contribution in [3.63, 3.8) is 0 Å². The first-order valence-corrected chi connectivity index (χ1v) is 6.64. The third kappa shape index (κ3) is 3.84. The van der Waals surface area contributed by atoms with Gasteiger partial charge < -0.3 is 10.6 Å². The van der Waals surface area contributed by atoms with Crippen LogP contribution in [0.4, 0.5) is 5.69 Å². The highest BCUT2D eigenvalue weighted by molar-refractivity contribution is 9.10. The highest BCUT2D eigenvalue weighted by atomic mass is 79.9. The molecule has 1 aromatic rings. The van der Waals surface area contributed by atoms with Crippen molar-refractivity contribution in [1.82, 2.24) is 5.32 Å². The fourth-order valence-corrected chi connectivity index (χ4v) is 1.51. The smallest absolute Gasteiger partial charge is 0.251 e. The molecule has 0 saturated heterocycles. The van der Waals surface area contributed by atoms with E-state index in [1.54, 1.807) is 31.3 Å². The highest BCUT2D eigenvalue weighted by Gasteiger charge is 2.18. The lowest BCUT2D eigenvalue weighted by atomic mass is 10.1. The average molecular weight is 313 g/mol. The van der Waals surface area contributed by atoms with E-state index in [9.17, 15) is 9.59 Å². The summed E-state index contributed by atoms with van der Waals surface area (Å²) in [6.07, 6.45) is 0. The molecular weight excluding hydrogens is 296 g/mol. The Morgan fingerprint density at radius 3 is 2.50 bits per heavy atom. The minimum absolute atomic E-state index is 0.112. The Kier molecular flexibility index (Phi) is 5.34. The Bertz CT molecular complexity index is 446. The number of rotatable bonds is 4. The van der Waals surface area contributed by atoms with Crippen LogP contribution in [0.1, 0.15) is 24.2 Å². The molecule has 1 aromatic carbocycles. The maximum Gasteiger partial charge on any atom is 0.251 e. The SMILES string of the molecule is CNC(=O)c1cccc(NC(=O)C(Br)C(C)C)c1. The van der Waals surface area contributed by atoms with E-state index in [4.69, 9.17) is 0 Å². The summed E-state index contributed by atoms with van der Waals surface area (Å²) < 4.78 is 0. The van der Waals surface area contributed by atoms with Gasteiger partial charge in [0.15, 0.2) is 0 Å². The standard InChI is InChI=1S/C13H17BrN2O2/c1-8(2)11(14)13(18)16-10-6-4-5-9(7-10)12(17)15-3/h4-8,11H,1-3H3,(H,15,17)(H,16,18). The normalized spacial score (nSPS) is 12.1. The summed E-state index contributed by atoms with van der Waals surface area (Å²) in [5, 5.41) is 5.32. The number of benzene rings is 1. The first kappa shape index (κ1) is 14.7. The van der Waals surface area contributed by atoms with Gasteiger partial charge in [-0.15, -0.1) is 0 Å². The van der Waals surface area contributed by atoms with Gasteiger partial charge in [-0.05, 0) is 24.1 Å². The molecule has 0 radical (unpaired) electrons. The van der Waals surface area contributed by atoms with E-state index in [1.807, 2.05) is 13.8 Å². The summed E-state index contributed by atoms with van der Waals surface area (Å²) in [4.78, 5) is 23.1. The second-order valence-electron chi connectivity index (χ2n) is 4.29. The summed E-state index contributed by atoms with van der Waals surface area (Å²) in [5.41, 5.74) is 1.14. The van der Waals surface area contributed by atoms with Gasteiger partial charge in [0, 0.05) is 18.3 Å². The lowest BCUT2D eigenvalue weighted by molar-refractivity contribution is -0.116. The minimum Gasteiger partial charge on any atom is -0.355 e. The third-order valence-corrected chi connectivity index (χ3v) is 3.93. The Hall–Kier alpha value is -1.36. The van der Waals surface area contributed by atoms with Crippen LogP contribution in [-0.2, 0) is 4.79 Å².